The molecule has 0 aliphatic rings. The zero-order chi connectivity index (χ0) is 16.8. The maximum absolute atomic E-state index is 12.4. The number of para-hydroxylation sites is 2. The van der Waals surface area contributed by atoms with Crippen LogP contribution in [0.25, 0.3) is 0 Å². The fraction of sp³-hybridized carbons (Fsp3) is 0.0952. The number of carbonyl (C=O) groups excluding carboxylic acids is 1. The van der Waals surface area contributed by atoms with E-state index in [1.807, 2.05) is 72.8 Å². The molecule has 1 N–H and O–H groups in total. The maximum Gasteiger partial charge on any atom is 0.252 e. The molecular weight excluding hydrogens is 296 g/mol. The molecule has 3 rings (SSSR count). The fourth-order valence-corrected chi connectivity index (χ4v) is 2.63. The maximum atomic E-state index is 12.4. The Labute approximate surface area is 142 Å². The van der Waals surface area contributed by atoms with Crippen molar-refractivity contribution in [3.8, 4) is 0 Å². The topological polar surface area (TPSA) is 32.3 Å². The van der Waals surface area contributed by atoms with E-state index in [4.69, 9.17) is 0 Å². The highest BCUT2D eigenvalue weighted by molar-refractivity contribution is 5.94. The van der Waals surface area contributed by atoms with Crippen LogP contribution in [0.4, 0.5) is 11.4 Å². The second kappa shape index (κ2) is 7.47. The Morgan fingerprint density at radius 3 is 2.08 bits per heavy atom. The molecule has 0 aromatic heterocycles. The van der Waals surface area contributed by atoms with Gasteiger partial charge in [-0.25, -0.2) is 0 Å². The molecule has 1 amide bonds. The van der Waals surface area contributed by atoms with E-state index in [1.165, 1.54) is 0 Å². The molecule has 0 fully saturated rings. The number of hydrogen-bond donors (Lipinski definition) is 1. The van der Waals surface area contributed by atoms with E-state index in [2.05, 4.69) is 29.3 Å². The van der Waals surface area contributed by atoms with Crippen LogP contribution in [-0.2, 0) is 0 Å². The Morgan fingerprint density at radius 1 is 0.833 bits per heavy atom. The van der Waals surface area contributed by atoms with Crippen LogP contribution in [0, 0.1) is 6.92 Å². The van der Waals surface area contributed by atoms with Crippen molar-refractivity contribution in [2.45, 2.75) is 6.92 Å². The molecule has 3 aromatic rings. The quantitative estimate of drug-likeness (QED) is 0.702. The van der Waals surface area contributed by atoms with Crippen molar-refractivity contribution in [1.29, 1.82) is 0 Å². The van der Waals surface area contributed by atoms with Crippen LogP contribution in [0.1, 0.15) is 15.9 Å². The van der Waals surface area contributed by atoms with Crippen LogP contribution in [-0.4, -0.2) is 12.6 Å². The number of carbonyl (C=O) groups is 1. The van der Waals surface area contributed by atoms with Gasteiger partial charge in [0.15, 0.2) is 0 Å². The summed E-state index contributed by atoms with van der Waals surface area (Å²) in [5.74, 6) is -0.0786. The Balaban J connectivity index is 1.84. The van der Waals surface area contributed by atoms with Gasteiger partial charge in [-0.05, 0) is 42.8 Å². The number of anilines is 2. The van der Waals surface area contributed by atoms with Crippen molar-refractivity contribution in [3.63, 3.8) is 0 Å². The van der Waals surface area contributed by atoms with Gasteiger partial charge in [-0.1, -0.05) is 54.6 Å². The lowest BCUT2D eigenvalue weighted by Crippen LogP contribution is -2.35. The molecule has 0 bridgehead atoms. The van der Waals surface area contributed by atoms with Gasteiger partial charge >= 0.3 is 0 Å². The largest absolute Gasteiger partial charge is 0.334 e. The minimum Gasteiger partial charge on any atom is -0.334 e. The standard InChI is InChI=1S/C21H20N2O/c1-17-10-8-9-15-20(17)23(19-13-6-3-7-14-19)16-22-21(24)18-11-4-2-5-12-18/h2-15H,16H2,1H3,(H,22,24). The number of hydrogen-bond acceptors (Lipinski definition) is 2. The lowest BCUT2D eigenvalue weighted by molar-refractivity contribution is 0.0954. The van der Waals surface area contributed by atoms with Gasteiger partial charge < -0.3 is 10.2 Å². The molecular formula is C21H20N2O. The van der Waals surface area contributed by atoms with E-state index in [1.54, 1.807) is 0 Å². The fourth-order valence-electron chi connectivity index (χ4n) is 2.63. The molecule has 0 spiro atoms. The molecule has 0 saturated carbocycles. The summed E-state index contributed by atoms with van der Waals surface area (Å²) >= 11 is 0. The van der Waals surface area contributed by atoms with Crippen molar-refractivity contribution >= 4 is 17.3 Å². The van der Waals surface area contributed by atoms with Crippen LogP contribution >= 0.6 is 0 Å². The zero-order valence-electron chi connectivity index (χ0n) is 13.6. The highest BCUT2D eigenvalue weighted by atomic mass is 16.1. The first-order chi connectivity index (χ1) is 11.8. The van der Waals surface area contributed by atoms with Crippen LogP contribution in [0.5, 0.6) is 0 Å². The number of aryl methyl sites for hydroxylation is 1. The van der Waals surface area contributed by atoms with Crippen molar-refractivity contribution in [2.24, 2.45) is 0 Å². The molecule has 0 radical (unpaired) electrons. The predicted octanol–water partition coefficient (Wildman–Crippen LogP) is 4.52. The molecule has 0 heterocycles. The average Bonchev–Trinajstić information content (AvgIpc) is 2.65. The number of nitrogens with zero attached hydrogens (tertiary/aromatic N) is 1. The number of rotatable bonds is 5. The number of nitrogens with one attached hydrogen (secondary N) is 1. The summed E-state index contributed by atoms with van der Waals surface area (Å²) in [5, 5.41) is 3.01. The van der Waals surface area contributed by atoms with Gasteiger partial charge in [0.2, 0.25) is 0 Å². The van der Waals surface area contributed by atoms with Crippen LogP contribution in [0.2, 0.25) is 0 Å². The van der Waals surface area contributed by atoms with E-state index < -0.39 is 0 Å². The third kappa shape index (κ3) is 3.63. The van der Waals surface area contributed by atoms with Crippen molar-refractivity contribution < 1.29 is 4.79 Å². The molecule has 3 nitrogen and oxygen atoms in total. The second-order valence-corrected chi connectivity index (χ2v) is 5.58. The Hall–Kier alpha value is -3.07. The van der Waals surface area contributed by atoms with Crippen molar-refractivity contribution in [1.82, 2.24) is 5.32 Å². The van der Waals surface area contributed by atoms with Gasteiger partial charge in [-0.3, -0.25) is 4.79 Å². The number of amides is 1. The highest BCUT2D eigenvalue weighted by Crippen LogP contribution is 2.27. The van der Waals surface area contributed by atoms with E-state index in [-0.39, 0.29) is 5.91 Å². The Morgan fingerprint density at radius 2 is 1.42 bits per heavy atom. The third-order valence-corrected chi connectivity index (χ3v) is 3.91. The molecule has 0 aliphatic heterocycles. The zero-order valence-corrected chi connectivity index (χ0v) is 13.6. The second-order valence-electron chi connectivity index (χ2n) is 5.58. The molecule has 0 saturated heterocycles. The van der Waals surface area contributed by atoms with Crippen molar-refractivity contribution in [2.75, 3.05) is 11.6 Å². The van der Waals surface area contributed by atoms with Crippen LogP contribution in [0.15, 0.2) is 84.9 Å². The summed E-state index contributed by atoms with van der Waals surface area (Å²) < 4.78 is 0. The summed E-state index contributed by atoms with van der Waals surface area (Å²) in [6.07, 6.45) is 0. The van der Waals surface area contributed by atoms with Gasteiger partial charge in [0.05, 0.1) is 6.67 Å². The monoisotopic (exact) mass is 316 g/mol. The average molecular weight is 316 g/mol. The Kier molecular flexibility index (Phi) is 4.92. The lowest BCUT2D eigenvalue weighted by Gasteiger charge is -2.27. The summed E-state index contributed by atoms with van der Waals surface area (Å²) in [5.41, 5.74) is 3.95. The minimum absolute atomic E-state index is 0.0786. The van der Waals surface area contributed by atoms with Gasteiger partial charge in [-0.2, -0.15) is 0 Å². The summed E-state index contributed by atoms with van der Waals surface area (Å²) in [4.78, 5) is 14.5. The molecule has 120 valence electrons. The number of benzene rings is 3. The smallest absolute Gasteiger partial charge is 0.252 e. The van der Waals surface area contributed by atoms with Gasteiger partial charge in [0, 0.05) is 16.9 Å². The molecule has 0 aliphatic carbocycles. The van der Waals surface area contributed by atoms with Crippen LogP contribution < -0.4 is 10.2 Å². The van der Waals surface area contributed by atoms with Crippen molar-refractivity contribution in [3.05, 3.63) is 96.1 Å². The molecule has 0 unspecified atom stereocenters. The molecule has 3 aromatic carbocycles. The first-order valence-electron chi connectivity index (χ1n) is 7.97. The highest BCUT2D eigenvalue weighted by Gasteiger charge is 2.13. The third-order valence-electron chi connectivity index (χ3n) is 3.91. The van der Waals surface area contributed by atoms with E-state index in [0.717, 1.165) is 16.9 Å². The first-order valence-corrected chi connectivity index (χ1v) is 7.97. The van der Waals surface area contributed by atoms with Gasteiger partial charge in [0.25, 0.3) is 5.91 Å². The van der Waals surface area contributed by atoms with E-state index in [0.29, 0.717) is 12.2 Å². The van der Waals surface area contributed by atoms with Crippen LogP contribution in [0.3, 0.4) is 0 Å². The van der Waals surface area contributed by atoms with Gasteiger partial charge in [-0.15, -0.1) is 0 Å². The molecule has 0 atom stereocenters. The van der Waals surface area contributed by atoms with Gasteiger partial charge in [0.1, 0.15) is 0 Å². The first kappa shape index (κ1) is 15.8. The lowest BCUT2D eigenvalue weighted by atomic mass is 10.1. The summed E-state index contributed by atoms with van der Waals surface area (Å²) in [7, 11) is 0. The normalized spacial score (nSPS) is 10.2. The molecule has 24 heavy (non-hydrogen) atoms. The molecule has 3 heteroatoms. The van der Waals surface area contributed by atoms with E-state index >= 15 is 0 Å². The minimum atomic E-state index is -0.0786. The SMILES string of the molecule is Cc1ccccc1N(CNC(=O)c1ccccc1)c1ccccc1. The predicted molar refractivity (Wildman–Crippen MR) is 98.5 cm³/mol. The summed E-state index contributed by atoms with van der Waals surface area (Å²) in [6, 6.07) is 27.5. The van der Waals surface area contributed by atoms with E-state index in [9.17, 15) is 4.79 Å². The summed E-state index contributed by atoms with van der Waals surface area (Å²) in [6.45, 7) is 2.48. The Bertz CT molecular complexity index is 800.